The summed E-state index contributed by atoms with van der Waals surface area (Å²) in [7, 11) is 0. The number of hydrogen-bond acceptors (Lipinski definition) is 3. The Kier molecular flexibility index (Phi) is 9.14. The molecule has 5 nitrogen and oxygen atoms in total. The van der Waals surface area contributed by atoms with Crippen molar-refractivity contribution in [3.05, 3.63) is 48.0 Å². The quantitative estimate of drug-likeness (QED) is 0.284. The Labute approximate surface area is 173 Å². The molecule has 0 aromatic heterocycles. The lowest BCUT2D eigenvalue weighted by Crippen LogP contribution is -2.37. The fourth-order valence-corrected chi connectivity index (χ4v) is 3.21. The van der Waals surface area contributed by atoms with Crippen molar-refractivity contribution in [2.75, 3.05) is 45.9 Å². The number of guanidine groups is 1. The minimum absolute atomic E-state index is 0. The normalized spacial score (nSPS) is 15.6. The van der Waals surface area contributed by atoms with E-state index in [-0.39, 0.29) is 24.0 Å². The predicted molar refractivity (Wildman–Crippen MR) is 119 cm³/mol. The van der Waals surface area contributed by atoms with Crippen LogP contribution in [-0.4, -0.2) is 56.8 Å². The maximum atomic E-state index is 5.98. The van der Waals surface area contributed by atoms with Gasteiger partial charge in [-0.05, 0) is 29.2 Å². The number of fused-ring (bicyclic) bond motifs is 1. The van der Waals surface area contributed by atoms with Crippen LogP contribution in [0.3, 0.4) is 0 Å². The minimum atomic E-state index is 0. The first-order valence-corrected chi connectivity index (χ1v) is 9.13. The van der Waals surface area contributed by atoms with Gasteiger partial charge < -0.3 is 15.8 Å². The number of rotatable bonds is 7. The Morgan fingerprint density at radius 3 is 2.73 bits per heavy atom. The highest BCUT2D eigenvalue weighted by Gasteiger charge is 2.08. The van der Waals surface area contributed by atoms with Crippen LogP contribution in [0.2, 0.25) is 0 Å². The zero-order chi connectivity index (χ0) is 17.3. The van der Waals surface area contributed by atoms with Gasteiger partial charge in [0.1, 0.15) is 0 Å². The van der Waals surface area contributed by atoms with E-state index in [1.807, 2.05) is 0 Å². The van der Waals surface area contributed by atoms with Crippen LogP contribution in [0, 0.1) is 0 Å². The second-order valence-corrected chi connectivity index (χ2v) is 6.39. The fraction of sp³-hybridized carbons (Fsp3) is 0.450. The molecule has 1 fully saturated rings. The van der Waals surface area contributed by atoms with Gasteiger partial charge in [-0.1, -0.05) is 42.5 Å². The first kappa shape index (κ1) is 20.9. The molecule has 1 aliphatic rings. The first-order valence-electron chi connectivity index (χ1n) is 9.13. The topological polar surface area (TPSA) is 62.9 Å². The highest BCUT2D eigenvalue weighted by molar-refractivity contribution is 14.0. The van der Waals surface area contributed by atoms with Gasteiger partial charge in [0.25, 0.3) is 0 Å². The van der Waals surface area contributed by atoms with Crippen molar-refractivity contribution in [1.29, 1.82) is 0 Å². The molecule has 0 atom stereocenters. The third-order valence-corrected chi connectivity index (χ3v) is 4.60. The molecule has 0 bridgehead atoms. The van der Waals surface area contributed by atoms with Gasteiger partial charge in [0.05, 0.1) is 13.2 Å². The predicted octanol–water partition coefficient (Wildman–Crippen LogP) is 2.63. The molecule has 0 aliphatic carbocycles. The van der Waals surface area contributed by atoms with Crippen molar-refractivity contribution in [1.82, 2.24) is 10.2 Å². The van der Waals surface area contributed by atoms with Crippen LogP contribution >= 0.6 is 24.0 Å². The van der Waals surface area contributed by atoms with E-state index in [1.54, 1.807) is 0 Å². The van der Waals surface area contributed by atoms with Gasteiger partial charge in [-0.3, -0.25) is 9.89 Å². The van der Waals surface area contributed by atoms with Crippen molar-refractivity contribution in [3.63, 3.8) is 0 Å². The van der Waals surface area contributed by atoms with E-state index < -0.39 is 0 Å². The van der Waals surface area contributed by atoms with Gasteiger partial charge in [0.15, 0.2) is 5.96 Å². The molecular formula is C20H29IN4O. The van der Waals surface area contributed by atoms with Crippen LogP contribution in [0.5, 0.6) is 0 Å². The van der Waals surface area contributed by atoms with Crippen LogP contribution in [0.1, 0.15) is 12.0 Å². The molecule has 0 spiro atoms. The third kappa shape index (κ3) is 6.41. The lowest BCUT2D eigenvalue weighted by Gasteiger charge is -2.26. The fourth-order valence-electron chi connectivity index (χ4n) is 3.21. The highest BCUT2D eigenvalue weighted by Crippen LogP contribution is 2.18. The molecule has 0 unspecified atom stereocenters. The molecule has 6 heteroatoms. The van der Waals surface area contributed by atoms with Crippen LogP contribution in [0.15, 0.2) is 47.5 Å². The minimum Gasteiger partial charge on any atom is -0.379 e. The lowest BCUT2D eigenvalue weighted by molar-refractivity contribution is 0.0377. The van der Waals surface area contributed by atoms with Crippen molar-refractivity contribution in [2.45, 2.75) is 12.8 Å². The van der Waals surface area contributed by atoms with E-state index in [1.165, 1.54) is 16.3 Å². The molecule has 0 saturated carbocycles. The first-order chi connectivity index (χ1) is 12.3. The summed E-state index contributed by atoms with van der Waals surface area (Å²) in [5.74, 6) is 0.544. The second kappa shape index (κ2) is 11.4. The second-order valence-electron chi connectivity index (χ2n) is 6.39. The molecule has 2 aromatic carbocycles. The van der Waals surface area contributed by atoms with Gasteiger partial charge in [0, 0.05) is 32.7 Å². The number of ether oxygens (including phenoxy) is 1. The number of nitrogens with two attached hydrogens (primary N) is 1. The van der Waals surface area contributed by atoms with Crippen LogP contribution in [-0.2, 0) is 11.2 Å². The lowest BCUT2D eigenvalue weighted by atomic mass is 10.0. The Balaban J connectivity index is 0.00000243. The maximum Gasteiger partial charge on any atom is 0.188 e. The molecule has 1 heterocycles. The van der Waals surface area contributed by atoms with Gasteiger partial charge in [-0.25, -0.2) is 0 Å². The average Bonchev–Trinajstić information content (AvgIpc) is 2.66. The molecule has 142 valence electrons. The number of aliphatic imine (C=N–C) groups is 1. The van der Waals surface area contributed by atoms with Crippen molar-refractivity contribution >= 4 is 40.7 Å². The zero-order valence-corrected chi connectivity index (χ0v) is 17.5. The number of halogens is 1. The Morgan fingerprint density at radius 1 is 1.12 bits per heavy atom. The van der Waals surface area contributed by atoms with E-state index in [4.69, 9.17) is 10.5 Å². The van der Waals surface area contributed by atoms with Crippen molar-refractivity contribution < 1.29 is 4.74 Å². The summed E-state index contributed by atoms with van der Waals surface area (Å²) in [4.78, 5) is 6.85. The highest BCUT2D eigenvalue weighted by atomic mass is 127. The number of nitrogens with one attached hydrogen (secondary N) is 1. The van der Waals surface area contributed by atoms with Crippen LogP contribution < -0.4 is 11.1 Å². The summed E-state index contributed by atoms with van der Waals surface area (Å²) in [6.07, 6.45) is 1.97. The molecule has 2 aromatic rings. The summed E-state index contributed by atoms with van der Waals surface area (Å²) in [6, 6.07) is 14.9. The Hall–Kier alpha value is -1.38. The number of hydrogen-bond donors (Lipinski definition) is 2. The Morgan fingerprint density at radius 2 is 1.88 bits per heavy atom. The smallest absolute Gasteiger partial charge is 0.188 e. The van der Waals surface area contributed by atoms with Crippen molar-refractivity contribution in [2.24, 2.45) is 10.7 Å². The van der Waals surface area contributed by atoms with E-state index in [9.17, 15) is 0 Å². The van der Waals surface area contributed by atoms with E-state index in [0.717, 1.165) is 58.8 Å². The standard InChI is InChI=1S/C20H28N4O.HI/c21-20(22-10-4-12-24-13-15-25-16-14-24)23-11-9-18-7-3-6-17-5-1-2-8-19(17)18;/h1-3,5-8H,4,9-16H2,(H3,21,22,23);1H. The van der Waals surface area contributed by atoms with Crippen LogP contribution in [0.25, 0.3) is 10.8 Å². The zero-order valence-electron chi connectivity index (χ0n) is 15.2. The molecule has 26 heavy (non-hydrogen) atoms. The summed E-state index contributed by atoms with van der Waals surface area (Å²) >= 11 is 0. The largest absolute Gasteiger partial charge is 0.379 e. The summed E-state index contributed by atoms with van der Waals surface area (Å²) in [5, 5.41) is 5.82. The average molecular weight is 468 g/mol. The van der Waals surface area contributed by atoms with E-state index >= 15 is 0 Å². The molecule has 3 rings (SSSR count). The van der Waals surface area contributed by atoms with Gasteiger partial charge in [0.2, 0.25) is 0 Å². The number of morpholine rings is 1. The third-order valence-electron chi connectivity index (χ3n) is 4.60. The molecular weight excluding hydrogens is 439 g/mol. The van der Waals surface area contributed by atoms with Gasteiger partial charge in [-0.15, -0.1) is 24.0 Å². The molecule has 0 amide bonds. The number of nitrogens with zero attached hydrogens (tertiary/aromatic N) is 2. The summed E-state index contributed by atoms with van der Waals surface area (Å²) in [5.41, 5.74) is 7.31. The summed E-state index contributed by atoms with van der Waals surface area (Å²) < 4.78 is 5.35. The molecule has 0 radical (unpaired) electrons. The molecule has 1 saturated heterocycles. The maximum absolute atomic E-state index is 5.98. The molecule has 3 N–H and O–H groups in total. The monoisotopic (exact) mass is 468 g/mol. The van der Waals surface area contributed by atoms with Crippen molar-refractivity contribution in [3.8, 4) is 0 Å². The number of benzene rings is 2. The molecule has 1 aliphatic heterocycles. The SMILES string of the molecule is I.NC(=NCCCN1CCOCC1)NCCc1cccc2ccccc12. The van der Waals surface area contributed by atoms with Gasteiger partial charge >= 0.3 is 0 Å². The Bertz CT molecular complexity index is 696. The summed E-state index contributed by atoms with van der Waals surface area (Å²) in [6.45, 7) is 6.39. The van der Waals surface area contributed by atoms with E-state index in [0.29, 0.717) is 5.96 Å². The van der Waals surface area contributed by atoms with E-state index in [2.05, 4.69) is 57.7 Å². The van der Waals surface area contributed by atoms with Gasteiger partial charge in [-0.2, -0.15) is 0 Å². The van der Waals surface area contributed by atoms with Crippen LogP contribution in [0.4, 0.5) is 0 Å².